The molecular weight excluding hydrogens is 364 g/mol. The van der Waals surface area contributed by atoms with Gasteiger partial charge in [-0.3, -0.25) is 4.68 Å². The molecule has 0 spiro atoms. The summed E-state index contributed by atoms with van der Waals surface area (Å²) in [5.74, 6) is 0.265. The fourth-order valence-electron chi connectivity index (χ4n) is 4.32. The first-order chi connectivity index (χ1) is 13.0. The first-order valence-electron chi connectivity index (χ1n) is 9.40. The van der Waals surface area contributed by atoms with Gasteiger partial charge >= 0.3 is 0 Å². The number of imidazole rings is 1. The lowest BCUT2D eigenvalue weighted by Crippen LogP contribution is -2.38. The largest absolute Gasteiger partial charge is 0.268 e. The molecule has 0 amide bonds. The predicted molar refractivity (Wildman–Crippen MR) is 99.0 cm³/mol. The Morgan fingerprint density at radius 3 is 2.81 bits per heavy atom. The van der Waals surface area contributed by atoms with Crippen molar-refractivity contribution in [2.45, 2.75) is 50.0 Å². The van der Waals surface area contributed by atoms with Gasteiger partial charge in [-0.1, -0.05) is 0 Å². The molecule has 0 saturated carbocycles. The summed E-state index contributed by atoms with van der Waals surface area (Å²) in [6.45, 7) is 3.90. The maximum atomic E-state index is 13.1. The molecule has 142 valence electrons. The molecule has 8 nitrogen and oxygen atoms in total. The molecule has 5 rings (SSSR count). The zero-order valence-electron chi connectivity index (χ0n) is 15.2. The van der Waals surface area contributed by atoms with Gasteiger partial charge in [0.05, 0.1) is 17.6 Å². The average molecular weight is 386 g/mol. The van der Waals surface area contributed by atoms with E-state index in [1.54, 1.807) is 15.0 Å². The quantitative estimate of drug-likeness (QED) is 0.685. The molecule has 1 saturated heterocycles. The lowest BCUT2D eigenvalue weighted by molar-refractivity contribution is 0.315. The van der Waals surface area contributed by atoms with Gasteiger partial charge in [-0.25, -0.2) is 17.9 Å². The van der Waals surface area contributed by atoms with Crippen LogP contribution in [0.2, 0.25) is 0 Å². The minimum absolute atomic E-state index is 0.265. The molecule has 5 heterocycles. The Hall–Kier alpha value is -2.26. The van der Waals surface area contributed by atoms with E-state index in [0.717, 1.165) is 54.8 Å². The Kier molecular flexibility index (Phi) is 3.83. The lowest BCUT2D eigenvalue weighted by Gasteiger charge is -2.31. The number of aryl methyl sites for hydroxylation is 2. The highest BCUT2D eigenvalue weighted by Gasteiger charge is 2.34. The van der Waals surface area contributed by atoms with E-state index in [-0.39, 0.29) is 5.92 Å². The summed E-state index contributed by atoms with van der Waals surface area (Å²) in [6.07, 6.45) is 8.42. The summed E-state index contributed by atoms with van der Waals surface area (Å²) in [4.78, 5) is 4.67. The van der Waals surface area contributed by atoms with Crippen molar-refractivity contribution >= 4 is 15.7 Å². The Bertz CT molecular complexity index is 1110. The summed E-state index contributed by atoms with van der Waals surface area (Å²) in [5.41, 5.74) is 3.86. The van der Waals surface area contributed by atoms with Crippen LogP contribution in [-0.2, 0) is 23.0 Å². The number of hydrogen-bond donors (Lipinski definition) is 0. The van der Waals surface area contributed by atoms with Crippen molar-refractivity contribution in [2.24, 2.45) is 0 Å². The van der Waals surface area contributed by atoms with Crippen molar-refractivity contribution in [3.63, 3.8) is 0 Å². The molecule has 0 bridgehead atoms. The molecule has 9 heteroatoms. The molecule has 27 heavy (non-hydrogen) atoms. The molecule has 0 atom stereocenters. The lowest BCUT2D eigenvalue weighted by atomic mass is 9.92. The Labute approximate surface area is 157 Å². The molecule has 2 aliphatic heterocycles. The highest BCUT2D eigenvalue weighted by atomic mass is 32.2. The van der Waals surface area contributed by atoms with Crippen LogP contribution in [0.4, 0.5) is 0 Å². The Morgan fingerprint density at radius 2 is 2.00 bits per heavy atom. The van der Waals surface area contributed by atoms with Crippen molar-refractivity contribution in [3.8, 4) is 0 Å². The van der Waals surface area contributed by atoms with E-state index in [4.69, 9.17) is 5.10 Å². The highest BCUT2D eigenvalue weighted by molar-refractivity contribution is 7.89. The number of piperidine rings is 1. The van der Waals surface area contributed by atoms with Crippen molar-refractivity contribution in [3.05, 3.63) is 41.6 Å². The molecule has 0 radical (unpaired) electrons. The van der Waals surface area contributed by atoms with E-state index in [2.05, 4.69) is 17.0 Å². The smallest absolute Gasteiger partial charge is 0.246 e. The molecule has 0 N–H and O–H groups in total. The first kappa shape index (κ1) is 16.9. The number of aromatic nitrogens is 5. The zero-order chi connectivity index (χ0) is 18.6. The second-order valence-corrected chi connectivity index (χ2v) is 9.31. The molecule has 0 unspecified atom stereocenters. The van der Waals surface area contributed by atoms with Gasteiger partial charge in [-0.05, 0) is 44.2 Å². The van der Waals surface area contributed by atoms with Crippen LogP contribution in [0.1, 0.15) is 42.1 Å². The SMILES string of the molecule is Cc1cc2nccn2nc1C1CCN(S(=O)(=O)c2cnn3c2CCC3)CC1. The van der Waals surface area contributed by atoms with Crippen LogP contribution in [-0.4, -0.2) is 50.2 Å². The van der Waals surface area contributed by atoms with Gasteiger partial charge in [-0.15, -0.1) is 0 Å². The first-order valence-corrected chi connectivity index (χ1v) is 10.8. The van der Waals surface area contributed by atoms with Gasteiger partial charge in [-0.2, -0.15) is 14.5 Å². The van der Waals surface area contributed by atoms with Crippen LogP contribution in [0.25, 0.3) is 5.65 Å². The van der Waals surface area contributed by atoms with Gasteiger partial charge in [0.2, 0.25) is 10.0 Å². The third-order valence-electron chi connectivity index (χ3n) is 5.77. The third-order valence-corrected chi connectivity index (χ3v) is 7.71. The number of hydrogen-bond acceptors (Lipinski definition) is 5. The maximum Gasteiger partial charge on any atom is 0.246 e. The van der Waals surface area contributed by atoms with E-state index in [1.807, 2.05) is 16.9 Å². The summed E-state index contributed by atoms with van der Waals surface area (Å²) in [7, 11) is -3.47. The number of fused-ring (bicyclic) bond motifs is 2. The molecule has 0 aliphatic carbocycles. The molecule has 3 aromatic rings. The van der Waals surface area contributed by atoms with E-state index >= 15 is 0 Å². The topological polar surface area (TPSA) is 85.4 Å². The van der Waals surface area contributed by atoms with Crippen LogP contribution in [0.15, 0.2) is 29.6 Å². The Morgan fingerprint density at radius 1 is 1.19 bits per heavy atom. The van der Waals surface area contributed by atoms with Crippen molar-refractivity contribution in [2.75, 3.05) is 13.1 Å². The van der Waals surface area contributed by atoms with Gasteiger partial charge in [0.25, 0.3) is 0 Å². The fourth-order valence-corrected chi connectivity index (χ4v) is 5.98. The molecular formula is C18H22N6O2S. The molecule has 3 aromatic heterocycles. The van der Waals surface area contributed by atoms with Crippen molar-refractivity contribution in [1.29, 1.82) is 0 Å². The van der Waals surface area contributed by atoms with Gasteiger partial charge in [0.15, 0.2) is 5.65 Å². The van der Waals surface area contributed by atoms with Gasteiger partial charge in [0, 0.05) is 37.9 Å². The summed E-state index contributed by atoms with van der Waals surface area (Å²) < 4.78 is 31.4. The van der Waals surface area contributed by atoms with Gasteiger partial charge in [0.1, 0.15) is 4.90 Å². The third kappa shape index (κ3) is 2.68. The number of rotatable bonds is 3. The second-order valence-electron chi connectivity index (χ2n) is 7.40. The summed E-state index contributed by atoms with van der Waals surface area (Å²) >= 11 is 0. The Balaban J connectivity index is 1.37. The predicted octanol–water partition coefficient (Wildman–Crippen LogP) is 1.75. The second kappa shape index (κ2) is 6.13. The van der Waals surface area contributed by atoms with Crippen LogP contribution in [0, 0.1) is 6.92 Å². The van der Waals surface area contributed by atoms with Crippen LogP contribution in [0.5, 0.6) is 0 Å². The van der Waals surface area contributed by atoms with Crippen LogP contribution >= 0.6 is 0 Å². The number of nitrogens with zero attached hydrogens (tertiary/aromatic N) is 6. The minimum Gasteiger partial charge on any atom is -0.268 e. The number of sulfonamides is 1. The standard InChI is InChI=1S/C18H22N6O2S/c1-13-11-17-19-6-10-24(17)21-18(13)14-4-8-22(9-5-14)27(25,26)16-12-20-23-7-2-3-15(16)23/h6,10-12,14H,2-5,7-9H2,1H3. The average Bonchev–Trinajstić information content (AvgIpc) is 3.37. The molecule has 0 aromatic carbocycles. The summed E-state index contributed by atoms with van der Waals surface area (Å²) in [5, 5.41) is 8.96. The van der Waals surface area contributed by atoms with E-state index in [9.17, 15) is 8.42 Å². The van der Waals surface area contributed by atoms with E-state index in [0.29, 0.717) is 18.0 Å². The highest BCUT2D eigenvalue weighted by Crippen LogP contribution is 2.33. The summed E-state index contributed by atoms with van der Waals surface area (Å²) in [6, 6.07) is 2.04. The maximum absolute atomic E-state index is 13.1. The van der Waals surface area contributed by atoms with Crippen molar-refractivity contribution in [1.82, 2.24) is 28.7 Å². The minimum atomic E-state index is -3.47. The van der Waals surface area contributed by atoms with E-state index < -0.39 is 10.0 Å². The van der Waals surface area contributed by atoms with Crippen LogP contribution < -0.4 is 0 Å². The van der Waals surface area contributed by atoms with Crippen LogP contribution in [0.3, 0.4) is 0 Å². The monoisotopic (exact) mass is 386 g/mol. The normalized spacial score (nSPS) is 19.0. The molecule has 2 aliphatic rings. The fraction of sp³-hybridized carbons (Fsp3) is 0.500. The zero-order valence-corrected chi connectivity index (χ0v) is 16.1. The molecule has 1 fully saturated rings. The van der Waals surface area contributed by atoms with Crippen molar-refractivity contribution < 1.29 is 8.42 Å². The van der Waals surface area contributed by atoms with Gasteiger partial charge < -0.3 is 0 Å². The van der Waals surface area contributed by atoms with E-state index in [1.165, 1.54) is 6.20 Å².